The van der Waals surface area contributed by atoms with Crippen molar-refractivity contribution in [1.82, 2.24) is 9.88 Å². The van der Waals surface area contributed by atoms with Gasteiger partial charge in [0.1, 0.15) is 0 Å². The molecule has 1 spiro atoms. The van der Waals surface area contributed by atoms with E-state index in [1.165, 1.54) is 31.2 Å². The van der Waals surface area contributed by atoms with Gasteiger partial charge in [0.2, 0.25) is 5.88 Å². The fraction of sp³-hybridized carbons (Fsp3) is 0.647. The van der Waals surface area contributed by atoms with Gasteiger partial charge in [0.25, 0.3) is 5.91 Å². The van der Waals surface area contributed by atoms with Crippen LogP contribution in [0.2, 0.25) is 0 Å². The van der Waals surface area contributed by atoms with Crippen molar-refractivity contribution in [2.75, 3.05) is 19.7 Å². The van der Waals surface area contributed by atoms with Crippen LogP contribution >= 0.6 is 0 Å². The first kappa shape index (κ1) is 17.1. The van der Waals surface area contributed by atoms with Crippen LogP contribution in [0, 0.1) is 0 Å². The Balaban J connectivity index is 1.67. The van der Waals surface area contributed by atoms with E-state index in [1.54, 1.807) is 4.90 Å². The quantitative estimate of drug-likeness (QED) is 0.848. The lowest BCUT2D eigenvalue weighted by atomic mass is 9.92. The van der Waals surface area contributed by atoms with Crippen molar-refractivity contribution >= 4 is 5.91 Å². The normalized spacial score (nSPS) is 20.9. The molecule has 0 unspecified atom stereocenters. The Hall–Kier alpha value is -1.76. The summed E-state index contributed by atoms with van der Waals surface area (Å²) in [6.45, 7) is -1.27. The molecule has 0 bridgehead atoms. The number of pyridine rings is 1. The Labute approximate surface area is 139 Å². The molecule has 0 N–H and O–H groups in total. The number of hydrogen-bond acceptors (Lipinski definition) is 4. The second kappa shape index (κ2) is 7.42. The summed E-state index contributed by atoms with van der Waals surface area (Å²) in [6.07, 6.45) is 7.94. The largest absolute Gasteiger partial charge is 0.417 e. The van der Waals surface area contributed by atoms with Crippen molar-refractivity contribution in [2.45, 2.75) is 50.7 Å². The summed E-state index contributed by atoms with van der Waals surface area (Å²) in [7, 11) is 0. The monoisotopic (exact) mass is 340 g/mol. The summed E-state index contributed by atoms with van der Waals surface area (Å²) in [5.41, 5.74) is 0.151. The van der Waals surface area contributed by atoms with Crippen molar-refractivity contribution in [1.29, 1.82) is 0 Å². The molecule has 132 valence electrons. The van der Waals surface area contributed by atoms with Crippen LogP contribution in [-0.4, -0.2) is 47.7 Å². The van der Waals surface area contributed by atoms with Crippen molar-refractivity contribution in [2.24, 2.45) is 0 Å². The third-order valence-electron chi connectivity index (χ3n) is 4.74. The lowest BCUT2D eigenvalue weighted by Crippen LogP contribution is -2.53. The molecule has 2 aliphatic rings. The minimum atomic E-state index is -2.92. The number of carbonyl (C=O) groups is 1. The van der Waals surface area contributed by atoms with Crippen LogP contribution in [0.1, 0.15) is 48.9 Å². The summed E-state index contributed by atoms with van der Waals surface area (Å²) < 4.78 is 34.6. The smallest absolute Gasteiger partial charge is 0.388 e. The first-order valence-corrected chi connectivity index (χ1v) is 8.42. The lowest BCUT2D eigenvalue weighted by molar-refractivity contribution is -0.107. The van der Waals surface area contributed by atoms with Gasteiger partial charge in [0, 0.05) is 18.8 Å². The van der Waals surface area contributed by atoms with E-state index in [0.29, 0.717) is 25.3 Å². The first-order chi connectivity index (χ1) is 11.6. The van der Waals surface area contributed by atoms with Crippen LogP contribution in [0.4, 0.5) is 8.78 Å². The molecule has 7 heteroatoms. The number of rotatable bonds is 3. The Morgan fingerprint density at radius 3 is 2.62 bits per heavy atom. The maximum Gasteiger partial charge on any atom is 0.388 e. The zero-order chi connectivity index (χ0) is 17.0. The fourth-order valence-corrected chi connectivity index (χ4v) is 3.54. The average Bonchev–Trinajstić information content (AvgIpc) is 2.80. The number of aromatic nitrogens is 1. The van der Waals surface area contributed by atoms with Gasteiger partial charge in [-0.1, -0.05) is 25.7 Å². The van der Waals surface area contributed by atoms with Gasteiger partial charge in [0.15, 0.2) is 0 Å². The van der Waals surface area contributed by atoms with Crippen molar-refractivity contribution in [3.05, 3.63) is 23.9 Å². The molecule has 0 aromatic carbocycles. The van der Waals surface area contributed by atoms with E-state index in [4.69, 9.17) is 4.74 Å². The topological polar surface area (TPSA) is 51.7 Å². The summed E-state index contributed by atoms with van der Waals surface area (Å²) in [5.74, 6) is -0.332. The highest BCUT2D eigenvalue weighted by molar-refractivity contribution is 5.94. The average molecular weight is 340 g/mol. The Morgan fingerprint density at radius 2 is 2.00 bits per heavy atom. The van der Waals surface area contributed by atoms with Crippen LogP contribution in [-0.2, 0) is 4.74 Å². The number of halogens is 2. The number of ether oxygens (including phenoxy) is 2. The highest BCUT2D eigenvalue weighted by Gasteiger charge is 2.38. The van der Waals surface area contributed by atoms with E-state index in [9.17, 15) is 13.6 Å². The number of nitrogens with zero attached hydrogens (tertiary/aromatic N) is 2. The fourth-order valence-electron chi connectivity index (χ4n) is 3.54. The van der Waals surface area contributed by atoms with Crippen LogP contribution in [0.5, 0.6) is 5.88 Å². The van der Waals surface area contributed by atoms with Crippen LogP contribution < -0.4 is 4.74 Å². The van der Waals surface area contributed by atoms with Crippen LogP contribution in [0.15, 0.2) is 18.3 Å². The van der Waals surface area contributed by atoms with E-state index in [0.717, 1.165) is 25.7 Å². The Bertz CT molecular complexity index is 557. The molecule has 0 radical (unpaired) electrons. The van der Waals surface area contributed by atoms with Crippen LogP contribution in [0.25, 0.3) is 0 Å². The molecule has 1 aliphatic carbocycles. The van der Waals surface area contributed by atoms with Gasteiger partial charge < -0.3 is 14.4 Å². The van der Waals surface area contributed by atoms with E-state index in [-0.39, 0.29) is 17.4 Å². The molecular weight excluding hydrogens is 318 g/mol. The second-order valence-corrected chi connectivity index (χ2v) is 6.44. The molecule has 1 amide bonds. The zero-order valence-corrected chi connectivity index (χ0v) is 13.5. The third kappa shape index (κ3) is 4.01. The summed E-state index contributed by atoms with van der Waals surface area (Å²) in [6, 6.07) is 2.77. The predicted molar refractivity (Wildman–Crippen MR) is 83.2 cm³/mol. The van der Waals surface area contributed by atoms with Crippen molar-refractivity contribution < 1.29 is 23.0 Å². The highest BCUT2D eigenvalue weighted by Crippen LogP contribution is 2.33. The minimum Gasteiger partial charge on any atom is -0.417 e. The van der Waals surface area contributed by atoms with E-state index in [1.807, 2.05) is 0 Å². The van der Waals surface area contributed by atoms with E-state index < -0.39 is 6.61 Å². The number of amides is 1. The summed E-state index contributed by atoms with van der Waals surface area (Å²) in [4.78, 5) is 18.3. The molecule has 1 aliphatic heterocycles. The van der Waals surface area contributed by atoms with Gasteiger partial charge in [-0.05, 0) is 18.9 Å². The van der Waals surface area contributed by atoms with Gasteiger partial charge in [-0.15, -0.1) is 0 Å². The van der Waals surface area contributed by atoms with Gasteiger partial charge in [0.05, 0.1) is 24.3 Å². The number of morpholine rings is 1. The highest BCUT2D eigenvalue weighted by atomic mass is 19.3. The van der Waals surface area contributed by atoms with E-state index in [2.05, 4.69) is 9.72 Å². The number of alkyl halides is 2. The molecular formula is C17H22F2N2O3. The molecule has 2 fully saturated rings. The molecule has 1 saturated carbocycles. The molecule has 2 heterocycles. The van der Waals surface area contributed by atoms with Crippen molar-refractivity contribution in [3.63, 3.8) is 0 Å². The minimum absolute atomic E-state index is 0.141. The maximum absolute atomic E-state index is 12.7. The first-order valence-electron chi connectivity index (χ1n) is 8.42. The SMILES string of the molecule is O=C(c1ccc(OC(F)F)nc1)N1CCOC2(CCCCCC2)C1. The molecule has 24 heavy (non-hydrogen) atoms. The molecule has 3 rings (SSSR count). The summed E-state index contributed by atoms with van der Waals surface area (Å²) >= 11 is 0. The summed E-state index contributed by atoms with van der Waals surface area (Å²) in [5, 5.41) is 0. The van der Waals surface area contributed by atoms with Gasteiger partial charge in [-0.25, -0.2) is 4.98 Å². The second-order valence-electron chi connectivity index (χ2n) is 6.44. The molecule has 0 atom stereocenters. The Morgan fingerprint density at radius 1 is 1.25 bits per heavy atom. The van der Waals surface area contributed by atoms with Crippen LogP contribution in [0.3, 0.4) is 0 Å². The molecule has 1 saturated heterocycles. The molecule has 5 nitrogen and oxygen atoms in total. The van der Waals surface area contributed by atoms with Gasteiger partial charge in [-0.3, -0.25) is 4.79 Å². The van der Waals surface area contributed by atoms with Gasteiger partial charge in [-0.2, -0.15) is 8.78 Å². The number of hydrogen-bond donors (Lipinski definition) is 0. The zero-order valence-electron chi connectivity index (χ0n) is 13.5. The lowest BCUT2D eigenvalue weighted by Gasteiger charge is -2.42. The van der Waals surface area contributed by atoms with Crippen molar-refractivity contribution in [3.8, 4) is 5.88 Å². The van der Waals surface area contributed by atoms with E-state index >= 15 is 0 Å². The molecule has 1 aromatic rings. The third-order valence-corrected chi connectivity index (χ3v) is 4.74. The number of carbonyl (C=O) groups excluding carboxylic acids is 1. The molecule has 1 aromatic heterocycles. The standard InChI is InChI=1S/C17H22F2N2O3/c18-16(19)24-14-6-5-13(11-20-14)15(22)21-9-10-23-17(12-21)7-3-1-2-4-8-17/h5-6,11,16H,1-4,7-10,12H2. The Kier molecular flexibility index (Phi) is 5.28. The van der Waals surface area contributed by atoms with Gasteiger partial charge >= 0.3 is 6.61 Å². The predicted octanol–water partition coefficient (Wildman–Crippen LogP) is 3.25. The maximum atomic E-state index is 12.7.